The van der Waals surface area contributed by atoms with Gasteiger partial charge in [-0.2, -0.15) is 0 Å². The van der Waals surface area contributed by atoms with Crippen LogP contribution in [0.5, 0.6) is 5.75 Å². The second-order valence-electron chi connectivity index (χ2n) is 7.70. The molecule has 24 heavy (non-hydrogen) atoms. The largest absolute Gasteiger partial charge is 0.593 e. The van der Waals surface area contributed by atoms with E-state index in [1.54, 1.807) is 23.1 Å². The van der Waals surface area contributed by atoms with E-state index in [0.29, 0.717) is 25.3 Å². The number of nitrogens with zero attached hydrogens (tertiary/aromatic N) is 1. The van der Waals surface area contributed by atoms with Gasteiger partial charge in [-0.05, 0) is 25.0 Å². The number of carbonyl (C=O) groups is 1. The van der Waals surface area contributed by atoms with Gasteiger partial charge < -0.3 is 14.2 Å². The summed E-state index contributed by atoms with van der Waals surface area (Å²) in [6.45, 7) is 6.82. The summed E-state index contributed by atoms with van der Waals surface area (Å²) < 4.78 is 34.1. The number of amides is 1. The molecule has 1 N–H and O–H groups in total. The van der Waals surface area contributed by atoms with E-state index in [1.807, 2.05) is 20.8 Å². The van der Waals surface area contributed by atoms with Crippen molar-refractivity contribution in [3.8, 4) is 5.75 Å². The first kappa shape index (κ1) is 17.4. The number of nitrogens with one attached hydrogen (secondary N) is 1. The van der Waals surface area contributed by atoms with Gasteiger partial charge >= 0.3 is 0 Å². The average Bonchev–Trinajstić information content (AvgIpc) is 2.61. The molecule has 0 saturated carbocycles. The zero-order valence-electron chi connectivity index (χ0n) is 14.3. The number of carbonyl (C=O) groups excluding carboxylic acids is 1. The van der Waals surface area contributed by atoms with E-state index >= 15 is 0 Å². The van der Waals surface area contributed by atoms with Gasteiger partial charge in [0.15, 0.2) is 16.1 Å². The molecule has 0 aromatic heterocycles. The fourth-order valence-corrected chi connectivity index (χ4v) is 4.91. The SMILES string of the molecule is CC(C)(C)C(=O)N1CCCC2(COc3ccccc3[S+](=O)([O-])N2)C1. The van der Waals surface area contributed by atoms with Gasteiger partial charge in [0.1, 0.15) is 12.1 Å². The Kier molecular flexibility index (Phi) is 4.22. The van der Waals surface area contributed by atoms with E-state index in [2.05, 4.69) is 4.72 Å². The highest BCUT2D eigenvalue weighted by Gasteiger charge is 2.47. The van der Waals surface area contributed by atoms with Crippen LogP contribution in [0, 0.1) is 5.41 Å². The van der Waals surface area contributed by atoms with Crippen LogP contribution >= 0.6 is 0 Å². The molecule has 1 aromatic carbocycles. The topological polar surface area (TPSA) is 81.7 Å². The highest BCUT2D eigenvalue weighted by atomic mass is 32.3. The van der Waals surface area contributed by atoms with Crippen LogP contribution in [0.25, 0.3) is 0 Å². The van der Waals surface area contributed by atoms with E-state index in [9.17, 15) is 13.6 Å². The molecule has 2 atom stereocenters. The van der Waals surface area contributed by atoms with Crippen LogP contribution < -0.4 is 9.46 Å². The zero-order valence-corrected chi connectivity index (χ0v) is 15.1. The maximum absolute atomic E-state index is 12.7. The van der Waals surface area contributed by atoms with Crippen LogP contribution in [0.2, 0.25) is 0 Å². The molecule has 2 aliphatic rings. The van der Waals surface area contributed by atoms with Gasteiger partial charge in [-0.15, -0.1) is 4.72 Å². The van der Waals surface area contributed by atoms with Crippen molar-refractivity contribution in [1.82, 2.24) is 9.62 Å². The van der Waals surface area contributed by atoms with Crippen LogP contribution in [-0.4, -0.2) is 40.6 Å². The third-order valence-electron chi connectivity index (χ3n) is 4.50. The summed E-state index contributed by atoms with van der Waals surface area (Å²) in [4.78, 5) is 14.5. The number of hydrogen-bond donors (Lipinski definition) is 1. The van der Waals surface area contributed by atoms with Crippen molar-refractivity contribution in [2.75, 3.05) is 19.7 Å². The van der Waals surface area contributed by atoms with Crippen molar-refractivity contribution in [1.29, 1.82) is 0 Å². The molecule has 2 aliphatic heterocycles. The second kappa shape index (κ2) is 5.82. The fourth-order valence-electron chi connectivity index (χ4n) is 3.36. The molecule has 1 aromatic rings. The molecule has 6 nitrogen and oxygen atoms in total. The molecular weight excluding hydrogens is 328 g/mol. The Balaban J connectivity index is 1.89. The Morgan fingerprint density at radius 3 is 2.79 bits per heavy atom. The van der Waals surface area contributed by atoms with Crippen LogP contribution in [-0.2, 0) is 19.4 Å². The molecule has 2 heterocycles. The summed E-state index contributed by atoms with van der Waals surface area (Å²) in [6, 6.07) is 6.63. The minimum absolute atomic E-state index is 0.0301. The van der Waals surface area contributed by atoms with Crippen LogP contribution in [0.1, 0.15) is 33.6 Å². The highest BCUT2D eigenvalue weighted by molar-refractivity contribution is 7.96. The predicted octanol–water partition coefficient (Wildman–Crippen LogP) is 1.98. The zero-order chi connectivity index (χ0) is 17.6. The first-order valence-corrected chi connectivity index (χ1v) is 9.67. The average molecular weight is 352 g/mol. The fraction of sp³-hybridized carbons (Fsp3) is 0.588. The third-order valence-corrected chi connectivity index (χ3v) is 6.12. The van der Waals surface area contributed by atoms with Gasteiger partial charge in [0.25, 0.3) is 0 Å². The van der Waals surface area contributed by atoms with Gasteiger partial charge in [-0.3, -0.25) is 4.79 Å². The quantitative estimate of drug-likeness (QED) is 0.724. The Labute approximate surface area is 143 Å². The number of sulfonamides is 1. The summed E-state index contributed by atoms with van der Waals surface area (Å²) in [6.07, 6.45) is 1.39. The van der Waals surface area contributed by atoms with Crippen molar-refractivity contribution in [2.24, 2.45) is 5.41 Å². The highest BCUT2D eigenvalue weighted by Crippen LogP contribution is 2.35. The van der Waals surface area contributed by atoms with Crippen molar-refractivity contribution >= 4 is 16.3 Å². The lowest BCUT2D eigenvalue weighted by Gasteiger charge is -2.43. The van der Waals surface area contributed by atoms with Crippen LogP contribution in [0.15, 0.2) is 29.2 Å². The van der Waals surface area contributed by atoms with Gasteiger partial charge in [0.05, 0.1) is 0 Å². The normalized spacial score (nSPS) is 30.4. The molecule has 0 radical (unpaired) electrons. The van der Waals surface area contributed by atoms with Crippen LogP contribution in [0.3, 0.4) is 0 Å². The molecular formula is C17H24N2O4S. The van der Waals surface area contributed by atoms with Crippen molar-refractivity contribution in [3.63, 3.8) is 0 Å². The Bertz CT molecular complexity index is 700. The lowest BCUT2D eigenvalue weighted by atomic mass is 9.87. The summed E-state index contributed by atoms with van der Waals surface area (Å²) in [7, 11) is -3.68. The summed E-state index contributed by atoms with van der Waals surface area (Å²) in [5, 5.41) is 0. The van der Waals surface area contributed by atoms with Gasteiger partial charge in [-0.1, -0.05) is 37.1 Å². The number of hydrogen-bond acceptors (Lipinski definition) is 4. The Morgan fingerprint density at radius 2 is 2.08 bits per heavy atom. The van der Waals surface area contributed by atoms with Crippen molar-refractivity contribution < 1.29 is 18.3 Å². The minimum Gasteiger partial charge on any atom is -0.593 e. The standard InChI is InChI=1S/C17H24N2O4S/c1-16(2,3)15(20)19-10-6-9-17(11-19)12-23-13-7-4-5-8-14(13)24(21,22)18-17/h4-5,7-8H,6,9-12H2,1-3H3,(H-,18,21,22). The molecule has 7 heteroatoms. The number of likely N-dealkylation sites (tertiary alicyclic amines) is 1. The first-order valence-electron chi connectivity index (χ1n) is 8.18. The molecule has 1 fully saturated rings. The number of piperidine rings is 1. The van der Waals surface area contributed by atoms with Crippen molar-refractivity contribution in [3.05, 3.63) is 24.3 Å². The van der Waals surface area contributed by atoms with E-state index < -0.39 is 21.4 Å². The minimum atomic E-state index is -3.68. The Morgan fingerprint density at radius 1 is 1.38 bits per heavy atom. The van der Waals surface area contributed by atoms with E-state index in [4.69, 9.17) is 4.74 Å². The molecule has 1 saturated heterocycles. The van der Waals surface area contributed by atoms with Crippen molar-refractivity contribution in [2.45, 2.75) is 44.0 Å². The smallest absolute Gasteiger partial charge is 0.228 e. The molecule has 132 valence electrons. The Hall–Kier alpha value is -1.44. The third kappa shape index (κ3) is 3.20. The summed E-state index contributed by atoms with van der Waals surface area (Å²) in [5.41, 5.74) is -1.27. The van der Waals surface area contributed by atoms with Gasteiger partial charge in [0, 0.05) is 18.5 Å². The molecule has 1 spiro atoms. The lowest BCUT2D eigenvalue weighted by Crippen LogP contribution is -2.63. The maximum atomic E-state index is 12.7. The van der Waals surface area contributed by atoms with Gasteiger partial charge in [-0.25, -0.2) is 0 Å². The first-order chi connectivity index (χ1) is 11.1. The predicted molar refractivity (Wildman–Crippen MR) is 90.2 cm³/mol. The number of rotatable bonds is 0. The molecule has 3 rings (SSSR count). The maximum Gasteiger partial charge on any atom is 0.228 e. The molecule has 0 bridgehead atoms. The monoisotopic (exact) mass is 352 g/mol. The van der Waals surface area contributed by atoms with Crippen LogP contribution in [0.4, 0.5) is 0 Å². The number of ether oxygens (including phenoxy) is 1. The lowest BCUT2D eigenvalue weighted by molar-refractivity contribution is -0.142. The second-order valence-corrected chi connectivity index (χ2v) is 9.35. The van der Waals surface area contributed by atoms with Gasteiger partial charge in [0.2, 0.25) is 10.8 Å². The van der Waals surface area contributed by atoms with E-state index in [-0.39, 0.29) is 17.4 Å². The van der Waals surface area contributed by atoms with E-state index in [1.165, 1.54) is 6.07 Å². The van der Waals surface area contributed by atoms with E-state index in [0.717, 1.165) is 6.42 Å². The molecule has 2 unspecified atom stereocenters. The summed E-state index contributed by atoms with van der Waals surface area (Å²) >= 11 is 0. The summed E-state index contributed by atoms with van der Waals surface area (Å²) in [5.74, 6) is 0.392. The molecule has 0 aliphatic carbocycles. The molecule has 1 amide bonds. The number of benzene rings is 1. The number of para-hydroxylation sites is 1. The number of fused-ring (bicyclic) bond motifs is 1.